The molecule has 196 valence electrons. The van der Waals surface area contributed by atoms with Gasteiger partial charge < -0.3 is 4.90 Å². The molecule has 3 nitrogen and oxygen atoms in total. The molecule has 1 saturated heterocycles. The molecule has 0 saturated carbocycles. The highest BCUT2D eigenvalue weighted by atomic mass is 19.3. The number of ketones is 1. The maximum Gasteiger partial charge on any atom is 0.242 e. The van der Waals surface area contributed by atoms with E-state index in [-0.39, 0.29) is 13.1 Å². The Morgan fingerprint density at radius 3 is 2.27 bits per heavy atom. The van der Waals surface area contributed by atoms with Gasteiger partial charge in [-0.2, -0.15) is 5.26 Å². The van der Waals surface area contributed by atoms with E-state index in [4.69, 9.17) is 5.26 Å². The summed E-state index contributed by atoms with van der Waals surface area (Å²) in [5.74, 6) is 2.84. The van der Waals surface area contributed by atoms with Crippen LogP contribution < -0.4 is 0 Å². The van der Waals surface area contributed by atoms with Crippen LogP contribution in [-0.4, -0.2) is 29.7 Å². The predicted octanol–water partition coefficient (Wildman–Crippen LogP) is 7.85. The monoisotopic (exact) mass is 504 g/mol. The van der Waals surface area contributed by atoms with Gasteiger partial charge >= 0.3 is 0 Å². The molecule has 0 amide bonds. The number of benzene rings is 1. The number of alkyl halides is 2. The fourth-order valence-corrected chi connectivity index (χ4v) is 3.49. The van der Waals surface area contributed by atoms with Gasteiger partial charge in [0.15, 0.2) is 0 Å². The van der Waals surface area contributed by atoms with Crippen LogP contribution in [0.1, 0.15) is 46.2 Å². The molecule has 0 atom stereocenters. The van der Waals surface area contributed by atoms with E-state index < -0.39 is 5.92 Å². The lowest BCUT2D eigenvalue weighted by molar-refractivity contribution is -0.109. The summed E-state index contributed by atoms with van der Waals surface area (Å²) in [5.41, 5.74) is 7.18. The van der Waals surface area contributed by atoms with Crippen molar-refractivity contribution in [1.29, 1.82) is 5.26 Å². The lowest BCUT2D eigenvalue weighted by Crippen LogP contribution is -2.45. The average Bonchev–Trinajstić information content (AvgIpc) is 3.17. The Kier molecular flexibility index (Phi) is 12.8. The van der Waals surface area contributed by atoms with Gasteiger partial charge in [0.1, 0.15) is 0 Å². The number of rotatable bonds is 6. The van der Waals surface area contributed by atoms with Crippen molar-refractivity contribution in [3.05, 3.63) is 102 Å². The first kappa shape index (κ1) is 31.1. The third kappa shape index (κ3) is 11.5. The number of carbonyl (C=O) groups is 1. The summed E-state index contributed by atoms with van der Waals surface area (Å²) < 4.78 is 22.0. The predicted molar refractivity (Wildman–Crippen MR) is 152 cm³/mol. The van der Waals surface area contributed by atoms with Crippen LogP contribution in [0, 0.1) is 36.0 Å². The first-order chi connectivity index (χ1) is 17.4. The number of hydrogen-bond donors (Lipinski definition) is 0. The molecule has 0 aromatic heterocycles. The Hall–Kier alpha value is -3.96. The van der Waals surface area contributed by atoms with Crippen LogP contribution >= 0.6 is 0 Å². The van der Waals surface area contributed by atoms with E-state index in [0.717, 1.165) is 44.6 Å². The van der Waals surface area contributed by atoms with Crippen molar-refractivity contribution >= 4 is 11.9 Å². The number of hydrogen-bond acceptors (Lipinski definition) is 3. The van der Waals surface area contributed by atoms with Crippen molar-refractivity contribution < 1.29 is 15.0 Å². The molecule has 1 heterocycles. The highest BCUT2D eigenvalue weighted by Gasteiger charge is 2.31. The Bertz CT molecular complexity index is 1170. The van der Waals surface area contributed by atoms with Crippen LogP contribution in [0.2, 0.25) is 0 Å². The van der Waals surface area contributed by atoms with Crippen LogP contribution in [0.5, 0.6) is 0 Å². The van der Waals surface area contributed by atoms with Gasteiger partial charge in [-0.25, -0.2) is 8.78 Å². The molecule has 1 aromatic rings. The summed E-state index contributed by atoms with van der Waals surface area (Å²) in [6, 6.07) is 10.6. The molecule has 1 fully saturated rings. The third-order valence-corrected chi connectivity index (χ3v) is 5.33. The minimum atomic E-state index is -2.50. The van der Waals surface area contributed by atoms with E-state index in [1.54, 1.807) is 6.08 Å². The number of likely N-dealkylation sites (tertiary alicyclic amines) is 1. The number of nitriles is 1. The molecule has 2 aliphatic rings. The van der Waals surface area contributed by atoms with Crippen molar-refractivity contribution in [3.63, 3.8) is 0 Å². The minimum absolute atomic E-state index is 0. The van der Waals surface area contributed by atoms with Crippen LogP contribution in [-0.2, 0) is 4.79 Å². The fraction of sp³-hybridized carbons (Fsp3) is 0.312. The summed E-state index contributed by atoms with van der Waals surface area (Å²) in [6.45, 7) is 18.3. The van der Waals surface area contributed by atoms with Crippen molar-refractivity contribution in [3.8, 4) is 17.9 Å². The second-order valence-corrected chi connectivity index (χ2v) is 9.10. The fourth-order valence-electron chi connectivity index (χ4n) is 3.49. The molecule has 5 heteroatoms. The van der Waals surface area contributed by atoms with Gasteiger partial charge in [0.2, 0.25) is 11.7 Å². The zero-order valence-electron chi connectivity index (χ0n) is 22.3. The Morgan fingerprint density at radius 1 is 1.19 bits per heavy atom. The zero-order chi connectivity index (χ0) is 28.0. The lowest BCUT2D eigenvalue weighted by Gasteiger charge is -2.40. The van der Waals surface area contributed by atoms with E-state index in [1.165, 1.54) is 28.3 Å². The second-order valence-electron chi connectivity index (χ2n) is 9.10. The van der Waals surface area contributed by atoms with Gasteiger partial charge in [0.05, 0.1) is 12.0 Å². The highest BCUT2D eigenvalue weighted by molar-refractivity contribution is 6.03. The lowest BCUT2D eigenvalue weighted by atomic mass is 9.94. The normalized spacial score (nSPS) is 14.8. The van der Waals surface area contributed by atoms with E-state index in [1.807, 2.05) is 12.2 Å². The molecule has 0 N–H and O–H groups in total. The second kappa shape index (κ2) is 15.2. The molecule has 37 heavy (non-hydrogen) atoms. The number of aryl methyl sites for hydroxylation is 1. The van der Waals surface area contributed by atoms with Crippen LogP contribution in [0.25, 0.3) is 6.08 Å². The summed E-state index contributed by atoms with van der Waals surface area (Å²) in [7, 11) is 0. The van der Waals surface area contributed by atoms with Gasteiger partial charge in [0, 0.05) is 32.2 Å². The molecule has 0 radical (unpaired) electrons. The molecule has 3 rings (SSSR count). The Morgan fingerprint density at radius 2 is 1.78 bits per heavy atom. The van der Waals surface area contributed by atoms with E-state index >= 15 is 0 Å². The van der Waals surface area contributed by atoms with E-state index in [2.05, 4.69) is 86.7 Å². The summed E-state index contributed by atoms with van der Waals surface area (Å²) in [4.78, 5) is 13.4. The van der Waals surface area contributed by atoms with Gasteiger partial charge in [-0.1, -0.05) is 79.3 Å². The number of carbonyl (C=O) groups excluding carboxylic acids is 1. The average molecular weight is 505 g/mol. The molecular formula is C32H38F2N2O. The molecule has 1 aliphatic heterocycles. The molecule has 0 spiro atoms. The van der Waals surface area contributed by atoms with Gasteiger partial charge in [-0.15, -0.1) is 0 Å². The number of allylic oxidation sites excluding steroid dienone is 6. The largest absolute Gasteiger partial charge is 0.368 e. The first-order valence-corrected chi connectivity index (χ1v) is 12.0. The van der Waals surface area contributed by atoms with E-state index in [9.17, 15) is 13.6 Å². The summed E-state index contributed by atoms with van der Waals surface area (Å²) >= 11 is 0. The first-order valence-electron chi connectivity index (χ1n) is 12.0. The maximum atomic E-state index is 11.2. The summed E-state index contributed by atoms with van der Waals surface area (Å²) in [6.07, 6.45) is 10.4. The standard InChI is InChI=1S/C20H20N2O.C9H10.C3H6F2.H2/c1-4-7-19(22-13-16(12-21)14-22)20-15(3)10-11-17(20)8-6-9-18(23)5-2;1-3-9-6-4-8(2)5-7-9;1-3(2,4)5;/h4-5,7,11,16H,1-2,8,10,13-14H2,3H3;3-7H,1H2,2H3;1-2H3;1H/b19-7+;;;. The SMILES string of the molecule is C=C/C=C(\C1=C(C)CC=C1CC#CC(=O)C=C)N1CC(C#N)C1.C=Cc1ccc(C)cc1.CC(C)(F)F.[HH]. The van der Waals surface area contributed by atoms with Crippen molar-refractivity contribution in [1.82, 2.24) is 4.90 Å². The van der Waals surface area contributed by atoms with Gasteiger partial charge in [-0.05, 0) is 63.3 Å². The maximum absolute atomic E-state index is 11.2. The quantitative estimate of drug-likeness (QED) is 0.171. The molecular weight excluding hydrogens is 466 g/mol. The Balaban J connectivity index is 0.000000752. The number of nitrogens with zero attached hydrogens (tertiary/aromatic N) is 2. The summed E-state index contributed by atoms with van der Waals surface area (Å²) in [5, 5.41) is 8.98. The molecule has 0 unspecified atom stereocenters. The molecule has 1 aromatic carbocycles. The van der Waals surface area contributed by atoms with Crippen LogP contribution in [0.4, 0.5) is 8.78 Å². The number of halogens is 2. The third-order valence-electron chi connectivity index (χ3n) is 5.33. The van der Waals surface area contributed by atoms with Gasteiger partial charge in [0.25, 0.3) is 0 Å². The van der Waals surface area contributed by atoms with Crippen LogP contribution in [0.3, 0.4) is 0 Å². The topological polar surface area (TPSA) is 44.1 Å². The molecule has 1 aliphatic carbocycles. The van der Waals surface area contributed by atoms with Gasteiger partial charge in [-0.3, -0.25) is 4.79 Å². The smallest absolute Gasteiger partial charge is 0.242 e. The van der Waals surface area contributed by atoms with E-state index in [0.29, 0.717) is 6.42 Å². The highest BCUT2D eigenvalue weighted by Crippen LogP contribution is 2.37. The minimum Gasteiger partial charge on any atom is -0.368 e. The molecule has 0 bridgehead atoms. The van der Waals surface area contributed by atoms with Crippen molar-refractivity contribution in [2.75, 3.05) is 13.1 Å². The van der Waals surface area contributed by atoms with Crippen molar-refractivity contribution in [2.45, 2.75) is 46.5 Å². The Labute approximate surface area is 222 Å². The van der Waals surface area contributed by atoms with Crippen molar-refractivity contribution in [2.24, 2.45) is 5.92 Å². The zero-order valence-corrected chi connectivity index (χ0v) is 22.3. The van der Waals surface area contributed by atoms with Crippen LogP contribution in [0.15, 0.2) is 90.7 Å².